The number of aromatic nitrogens is 2. The van der Waals surface area contributed by atoms with Crippen LogP contribution in [0.15, 0.2) is 53.2 Å². The molecule has 1 aromatic carbocycles. The summed E-state index contributed by atoms with van der Waals surface area (Å²) >= 11 is 0. The molecule has 146 valence electrons. The van der Waals surface area contributed by atoms with Gasteiger partial charge in [-0.15, -0.1) is 0 Å². The Morgan fingerprint density at radius 3 is 2.61 bits per heavy atom. The molecule has 0 amide bonds. The first-order valence-corrected chi connectivity index (χ1v) is 10.1. The number of nitrogen functional groups attached to an aromatic ring is 1. The normalized spacial score (nSPS) is 15.0. The van der Waals surface area contributed by atoms with Crippen LogP contribution in [0.5, 0.6) is 0 Å². The number of anilines is 1. The molecule has 0 atom stereocenters. The van der Waals surface area contributed by atoms with Crippen molar-refractivity contribution in [2.45, 2.75) is 38.5 Å². The van der Waals surface area contributed by atoms with Crippen LogP contribution in [-0.2, 0) is 17.6 Å². The fourth-order valence-corrected chi connectivity index (χ4v) is 3.81. The van der Waals surface area contributed by atoms with Gasteiger partial charge in [0.1, 0.15) is 5.82 Å². The molecule has 5 heteroatoms. The highest BCUT2D eigenvalue weighted by atomic mass is 16.5. The van der Waals surface area contributed by atoms with Gasteiger partial charge in [-0.1, -0.05) is 29.4 Å². The average molecular weight is 377 g/mol. The predicted molar refractivity (Wildman–Crippen MR) is 110 cm³/mol. The molecule has 0 aliphatic carbocycles. The number of hydrogen-bond acceptors (Lipinski definition) is 5. The van der Waals surface area contributed by atoms with Crippen molar-refractivity contribution in [2.75, 3.05) is 18.9 Å². The zero-order valence-corrected chi connectivity index (χ0v) is 16.1. The van der Waals surface area contributed by atoms with Gasteiger partial charge in [-0.05, 0) is 61.3 Å². The predicted octanol–water partition coefficient (Wildman–Crippen LogP) is 4.66. The van der Waals surface area contributed by atoms with Crippen molar-refractivity contribution in [3.8, 4) is 11.3 Å². The molecule has 3 aromatic rings. The van der Waals surface area contributed by atoms with Gasteiger partial charge in [0.05, 0.1) is 11.3 Å². The number of ether oxygens (including phenoxy) is 1. The number of rotatable bonds is 7. The maximum Gasteiger partial charge on any atom is 0.170 e. The highest BCUT2D eigenvalue weighted by Crippen LogP contribution is 2.25. The maximum absolute atomic E-state index is 5.91. The van der Waals surface area contributed by atoms with Crippen LogP contribution >= 0.6 is 0 Å². The van der Waals surface area contributed by atoms with Crippen molar-refractivity contribution >= 4 is 5.82 Å². The molecule has 2 aromatic heterocycles. The second-order valence-electron chi connectivity index (χ2n) is 7.56. The van der Waals surface area contributed by atoms with Crippen molar-refractivity contribution in [1.29, 1.82) is 0 Å². The number of nitrogens with two attached hydrogens (primary N) is 1. The molecule has 3 heterocycles. The molecule has 2 N–H and O–H groups in total. The molecular weight excluding hydrogens is 350 g/mol. The van der Waals surface area contributed by atoms with E-state index in [-0.39, 0.29) is 0 Å². The third-order valence-electron chi connectivity index (χ3n) is 5.49. The summed E-state index contributed by atoms with van der Waals surface area (Å²) < 4.78 is 10.9. The summed E-state index contributed by atoms with van der Waals surface area (Å²) in [5, 5.41) is 4.18. The minimum atomic E-state index is 0.454. The van der Waals surface area contributed by atoms with Crippen LogP contribution in [-0.4, -0.2) is 23.4 Å². The lowest BCUT2D eigenvalue weighted by atomic mass is 9.93. The lowest BCUT2D eigenvalue weighted by Gasteiger charge is -2.21. The first kappa shape index (κ1) is 18.7. The monoisotopic (exact) mass is 377 g/mol. The van der Waals surface area contributed by atoms with Crippen molar-refractivity contribution in [3.63, 3.8) is 0 Å². The fourth-order valence-electron chi connectivity index (χ4n) is 3.81. The second-order valence-corrected chi connectivity index (χ2v) is 7.56. The van der Waals surface area contributed by atoms with Crippen LogP contribution in [0.3, 0.4) is 0 Å². The van der Waals surface area contributed by atoms with E-state index in [0.717, 1.165) is 43.2 Å². The zero-order chi connectivity index (χ0) is 19.2. The zero-order valence-electron chi connectivity index (χ0n) is 16.1. The van der Waals surface area contributed by atoms with Gasteiger partial charge in [0.15, 0.2) is 5.76 Å². The van der Waals surface area contributed by atoms with Crippen LogP contribution in [0.1, 0.15) is 42.5 Å². The summed E-state index contributed by atoms with van der Waals surface area (Å²) in [6.45, 7) is 1.88. The molecule has 1 fully saturated rings. The molecule has 1 saturated heterocycles. The summed E-state index contributed by atoms with van der Waals surface area (Å²) in [5.41, 5.74) is 10.2. The molecule has 28 heavy (non-hydrogen) atoms. The van der Waals surface area contributed by atoms with Gasteiger partial charge in [-0.3, -0.25) is 0 Å². The van der Waals surface area contributed by atoms with Crippen LogP contribution in [0, 0.1) is 5.92 Å². The van der Waals surface area contributed by atoms with Crippen LogP contribution in [0.2, 0.25) is 0 Å². The SMILES string of the molecule is Nc1ncccc1-c1cc(Cc2ccc(CCCC3CCOCC3)cc2)no1. The molecule has 0 radical (unpaired) electrons. The van der Waals surface area contributed by atoms with Gasteiger partial charge in [0.25, 0.3) is 0 Å². The molecule has 0 unspecified atom stereocenters. The lowest BCUT2D eigenvalue weighted by molar-refractivity contribution is 0.0633. The maximum atomic E-state index is 5.91. The number of nitrogens with zero attached hydrogens (tertiary/aromatic N) is 2. The highest BCUT2D eigenvalue weighted by Gasteiger charge is 2.13. The van der Waals surface area contributed by atoms with E-state index in [1.165, 1.54) is 36.8 Å². The van der Waals surface area contributed by atoms with E-state index in [1.54, 1.807) is 6.20 Å². The number of pyridine rings is 1. The van der Waals surface area contributed by atoms with Crippen molar-refractivity contribution < 1.29 is 9.26 Å². The summed E-state index contributed by atoms with van der Waals surface area (Å²) in [7, 11) is 0. The minimum absolute atomic E-state index is 0.454. The molecule has 1 aliphatic rings. The number of benzene rings is 1. The summed E-state index contributed by atoms with van der Waals surface area (Å²) in [6.07, 6.45) is 8.57. The molecule has 5 nitrogen and oxygen atoms in total. The van der Waals surface area contributed by atoms with E-state index in [0.29, 0.717) is 11.6 Å². The Bertz CT molecular complexity index is 883. The summed E-state index contributed by atoms with van der Waals surface area (Å²) in [5.74, 6) is 1.96. The summed E-state index contributed by atoms with van der Waals surface area (Å²) in [6, 6.07) is 14.5. The van der Waals surface area contributed by atoms with Gasteiger partial charge < -0.3 is 15.0 Å². The van der Waals surface area contributed by atoms with Gasteiger partial charge in [-0.25, -0.2) is 4.98 Å². The molecule has 0 spiro atoms. The third kappa shape index (κ3) is 4.78. The topological polar surface area (TPSA) is 74.2 Å². The van der Waals surface area contributed by atoms with Gasteiger partial charge >= 0.3 is 0 Å². The number of hydrogen-bond donors (Lipinski definition) is 1. The van der Waals surface area contributed by atoms with Crippen LogP contribution < -0.4 is 5.73 Å². The molecule has 0 saturated carbocycles. The fraction of sp³-hybridized carbons (Fsp3) is 0.391. The third-order valence-corrected chi connectivity index (χ3v) is 5.49. The second kappa shape index (κ2) is 9.02. The number of aryl methyl sites for hydroxylation is 1. The Hall–Kier alpha value is -2.66. The first-order chi connectivity index (χ1) is 13.8. The Kier molecular flexibility index (Phi) is 6.02. The van der Waals surface area contributed by atoms with Crippen molar-refractivity contribution in [2.24, 2.45) is 5.92 Å². The largest absolute Gasteiger partial charge is 0.383 e. The van der Waals surface area contributed by atoms with E-state index in [1.807, 2.05) is 18.2 Å². The average Bonchev–Trinajstić information content (AvgIpc) is 3.19. The van der Waals surface area contributed by atoms with Gasteiger partial charge in [-0.2, -0.15) is 0 Å². The highest BCUT2D eigenvalue weighted by molar-refractivity contribution is 5.69. The standard InChI is InChI=1S/C23H27N3O2/c24-23-21(5-2-12-25-23)22-16-20(26-28-22)15-19-8-6-17(7-9-19)3-1-4-18-10-13-27-14-11-18/h2,5-9,12,16,18H,1,3-4,10-11,13-15H2,(H2,24,25). The Morgan fingerprint density at radius 2 is 1.82 bits per heavy atom. The van der Waals surface area contributed by atoms with E-state index in [2.05, 4.69) is 34.4 Å². The van der Waals surface area contributed by atoms with E-state index >= 15 is 0 Å². The quantitative estimate of drug-likeness (QED) is 0.648. The van der Waals surface area contributed by atoms with Gasteiger partial charge in [0, 0.05) is 31.9 Å². The Balaban J connectivity index is 1.30. The van der Waals surface area contributed by atoms with Crippen LogP contribution in [0.4, 0.5) is 5.82 Å². The molecule has 0 bridgehead atoms. The minimum Gasteiger partial charge on any atom is -0.383 e. The smallest absolute Gasteiger partial charge is 0.170 e. The molecule has 4 rings (SSSR count). The van der Waals surface area contributed by atoms with E-state index < -0.39 is 0 Å². The van der Waals surface area contributed by atoms with Crippen LogP contribution in [0.25, 0.3) is 11.3 Å². The van der Waals surface area contributed by atoms with Gasteiger partial charge in [0.2, 0.25) is 0 Å². The summed E-state index contributed by atoms with van der Waals surface area (Å²) in [4.78, 5) is 4.10. The lowest BCUT2D eigenvalue weighted by Crippen LogP contribution is -2.15. The van der Waals surface area contributed by atoms with E-state index in [9.17, 15) is 0 Å². The first-order valence-electron chi connectivity index (χ1n) is 10.1. The molecular formula is C23H27N3O2. The van der Waals surface area contributed by atoms with Crippen molar-refractivity contribution in [3.05, 3.63) is 65.5 Å². The Labute approximate surface area is 165 Å². The van der Waals surface area contributed by atoms with Crippen molar-refractivity contribution in [1.82, 2.24) is 10.1 Å². The Morgan fingerprint density at radius 1 is 1.04 bits per heavy atom. The van der Waals surface area contributed by atoms with E-state index in [4.69, 9.17) is 15.0 Å². The molecule has 1 aliphatic heterocycles.